The van der Waals surface area contributed by atoms with E-state index in [4.69, 9.17) is 4.74 Å². The Hall–Kier alpha value is -2.70. The van der Waals surface area contributed by atoms with Gasteiger partial charge in [-0.15, -0.1) is 0 Å². The minimum absolute atomic E-state index is 0.269. The monoisotopic (exact) mass is 428 g/mol. The van der Waals surface area contributed by atoms with Gasteiger partial charge in [0, 0.05) is 5.69 Å². The number of rotatable bonds is 7. The number of hydrogen-bond donors (Lipinski definition) is 1. The molecular weight excluding hydrogens is 396 g/mol. The van der Waals surface area contributed by atoms with Crippen molar-refractivity contribution < 1.29 is 23.9 Å². The summed E-state index contributed by atoms with van der Waals surface area (Å²) >= 11 is 0. The van der Waals surface area contributed by atoms with Crippen LogP contribution in [0.3, 0.4) is 0 Å². The van der Waals surface area contributed by atoms with Crippen molar-refractivity contribution in [3.8, 4) is 0 Å². The van der Waals surface area contributed by atoms with Crippen molar-refractivity contribution >= 4 is 29.4 Å². The van der Waals surface area contributed by atoms with Gasteiger partial charge in [-0.2, -0.15) is 0 Å². The van der Waals surface area contributed by atoms with Crippen molar-refractivity contribution in [3.63, 3.8) is 0 Å². The molecule has 1 saturated heterocycles. The van der Waals surface area contributed by atoms with Gasteiger partial charge < -0.3 is 10.1 Å². The van der Waals surface area contributed by atoms with Crippen molar-refractivity contribution in [3.05, 3.63) is 29.8 Å². The van der Waals surface area contributed by atoms with Gasteiger partial charge in [0.1, 0.15) is 6.04 Å². The van der Waals surface area contributed by atoms with Crippen LogP contribution >= 0.6 is 0 Å². The van der Waals surface area contributed by atoms with Crippen LogP contribution in [0.2, 0.25) is 0 Å². The fourth-order valence-corrected chi connectivity index (χ4v) is 4.50. The lowest BCUT2D eigenvalue weighted by Gasteiger charge is -2.23. The number of benzene rings is 1. The Bertz CT molecular complexity index is 843. The topological polar surface area (TPSA) is 92.8 Å². The Morgan fingerprint density at radius 3 is 2.23 bits per heavy atom. The highest BCUT2D eigenvalue weighted by molar-refractivity contribution is 6.08. The summed E-state index contributed by atoms with van der Waals surface area (Å²) in [5.41, 5.74) is 1.70. The Morgan fingerprint density at radius 2 is 1.65 bits per heavy atom. The van der Waals surface area contributed by atoms with Crippen LogP contribution in [0.4, 0.5) is 5.69 Å². The van der Waals surface area contributed by atoms with E-state index < -0.39 is 24.0 Å². The number of nitrogens with zero attached hydrogens (tertiary/aromatic N) is 1. The highest BCUT2D eigenvalue weighted by Gasteiger charge is 2.51. The number of amides is 3. The third kappa shape index (κ3) is 4.65. The largest absolute Gasteiger partial charge is 0.451 e. The van der Waals surface area contributed by atoms with Gasteiger partial charge >= 0.3 is 5.97 Å². The van der Waals surface area contributed by atoms with Gasteiger partial charge in [0.25, 0.3) is 5.91 Å². The summed E-state index contributed by atoms with van der Waals surface area (Å²) in [6.07, 6.45) is 3.07. The third-order valence-electron chi connectivity index (χ3n) is 6.63. The zero-order valence-electron chi connectivity index (χ0n) is 18.7. The van der Waals surface area contributed by atoms with Crippen LogP contribution in [-0.4, -0.2) is 40.7 Å². The van der Waals surface area contributed by atoms with Crippen LogP contribution < -0.4 is 5.32 Å². The molecule has 168 valence electrons. The standard InChI is InChI=1S/C24H32N2O5/c1-5-14(2)17-10-8-9-13-20(17)25-21(27)16(4)31-24(30)15(3)26-22(28)18-11-6-7-12-19(18)23(26)29/h8-10,13-16,18-19H,5-7,11-12H2,1-4H3,(H,25,27). The number of nitrogens with one attached hydrogen (secondary N) is 1. The molecule has 1 aromatic carbocycles. The minimum Gasteiger partial charge on any atom is -0.451 e. The fourth-order valence-electron chi connectivity index (χ4n) is 4.50. The molecular formula is C24H32N2O5. The average molecular weight is 429 g/mol. The first-order chi connectivity index (χ1) is 14.8. The Balaban J connectivity index is 1.63. The maximum absolute atomic E-state index is 12.7. The van der Waals surface area contributed by atoms with E-state index in [-0.39, 0.29) is 29.6 Å². The molecule has 1 heterocycles. The van der Waals surface area contributed by atoms with E-state index >= 15 is 0 Å². The maximum Gasteiger partial charge on any atom is 0.329 e. The Kier molecular flexibility index (Phi) is 7.13. The zero-order valence-corrected chi connectivity index (χ0v) is 18.7. The predicted octanol–water partition coefficient (Wildman–Crippen LogP) is 3.63. The first kappa shape index (κ1) is 23.0. The summed E-state index contributed by atoms with van der Waals surface area (Å²) in [5, 5.41) is 2.83. The summed E-state index contributed by atoms with van der Waals surface area (Å²) in [7, 11) is 0. The second kappa shape index (κ2) is 9.62. The van der Waals surface area contributed by atoms with Gasteiger partial charge in [0.2, 0.25) is 11.8 Å². The number of esters is 1. The summed E-state index contributed by atoms with van der Waals surface area (Å²) in [6, 6.07) is 6.49. The molecule has 0 radical (unpaired) electrons. The SMILES string of the molecule is CCC(C)c1ccccc1NC(=O)C(C)OC(=O)C(C)N1C(=O)C2CCCCC2C1=O. The van der Waals surface area contributed by atoms with Gasteiger partial charge in [-0.25, -0.2) is 4.79 Å². The minimum atomic E-state index is -1.06. The molecule has 2 aliphatic rings. The van der Waals surface area contributed by atoms with E-state index in [1.165, 1.54) is 13.8 Å². The number of para-hydroxylation sites is 1. The van der Waals surface area contributed by atoms with Gasteiger partial charge in [0.05, 0.1) is 11.8 Å². The molecule has 1 saturated carbocycles. The zero-order chi connectivity index (χ0) is 22.7. The molecule has 1 N–H and O–H groups in total. The molecule has 5 atom stereocenters. The number of fused-ring (bicyclic) bond motifs is 1. The molecule has 3 amide bonds. The van der Waals surface area contributed by atoms with Gasteiger partial charge in [0.15, 0.2) is 6.10 Å². The van der Waals surface area contributed by atoms with E-state index in [0.29, 0.717) is 18.5 Å². The average Bonchev–Trinajstić information content (AvgIpc) is 3.03. The lowest BCUT2D eigenvalue weighted by atomic mass is 9.81. The summed E-state index contributed by atoms with van der Waals surface area (Å²) < 4.78 is 5.34. The highest BCUT2D eigenvalue weighted by atomic mass is 16.5. The van der Waals surface area contributed by atoms with Gasteiger partial charge in [-0.1, -0.05) is 44.9 Å². The lowest BCUT2D eigenvalue weighted by Crippen LogP contribution is -2.46. The molecule has 31 heavy (non-hydrogen) atoms. The number of imide groups is 1. The van der Waals surface area contributed by atoms with Crippen LogP contribution in [0.5, 0.6) is 0 Å². The van der Waals surface area contributed by atoms with E-state index in [1.807, 2.05) is 24.3 Å². The summed E-state index contributed by atoms with van der Waals surface area (Å²) in [6.45, 7) is 7.13. The van der Waals surface area contributed by atoms with Crippen molar-refractivity contribution in [1.29, 1.82) is 0 Å². The molecule has 3 rings (SSSR count). The molecule has 7 heteroatoms. The molecule has 1 aliphatic carbocycles. The summed E-state index contributed by atoms with van der Waals surface area (Å²) in [4.78, 5) is 51.8. The van der Waals surface area contributed by atoms with E-state index in [1.54, 1.807) is 0 Å². The molecule has 0 aromatic heterocycles. The number of anilines is 1. The number of likely N-dealkylation sites (tertiary alicyclic amines) is 1. The van der Waals surface area contributed by atoms with Crippen molar-refractivity contribution in [2.24, 2.45) is 11.8 Å². The Labute approximate surface area is 183 Å². The van der Waals surface area contributed by atoms with E-state index in [0.717, 1.165) is 29.7 Å². The van der Waals surface area contributed by atoms with Crippen LogP contribution in [0.25, 0.3) is 0 Å². The quantitative estimate of drug-likeness (QED) is 0.529. The van der Waals surface area contributed by atoms with Gasteiger partial charge in [-0.3, -0.25) is 19.3 Å². The molecule has 1 aliphatic heterocycles. The molecule has 0 spiro atoms. The predicted molar refractivity (Wildman–Crippen MR) is 116 cm³/mol. The normalized spacial score (nSPS) is 23.7. The highest BCUT2D eigenvalue weighted by Crippen LogP contribution is 2.39. The maximum atomic E-state index is 12.7. The van der Waals surface area contributed by atoms with E-state index in [9.17, 15) is 19.2 Å². The van der Waals surface area contributed by atoms with Crippen LogP contribution in [0, 0.1) is 11.8 Å². The van der Waals surface area contributed by atoms with Crippen LogP contribution in [0.15, 0.2) is 24.3 Å². The fraction of sp³-hybridized carbons (Fsp3) is 0.583. The van der Waals surface area contributed by atoms with Crippen molar-refractivity contribution in [2.75, 3.05) is 5.32 Å². The number of ether oxygens (including phenoxy) is 1. The summed E-state index contributed by atoms with van der Waals surface area (Å²) in [5.74, 6) is -2.17. The molecule has 0 bridgehead atoms. The van der Waals surface area contributed by atoms with Crippen molar-refractivity contribution in [2.45, 2.75) is 77.9 Å². The van der Waals surface area contributed by atoms with Crippen molar-refractivity contribution in [1.82, 2.24) is 4.90 Å². The lowest BCUT2D eigenvalue weighted by molar-refractivity contribution is -0.163. The smallest absolute Gasteiger partial charge is 0.329 e. The number of carbonyl (C=O) groups is 4. The van der Waals surface area contributed by atoms with Crippen LogP contribution in [0.1, 0.15) is 71.3 Å². The first-order valence-electron chi connectivity index (χ1n) is 11.2. The number of carbonyl (C=O) groups excluding carboxylic acids is 4. The first-order valence-corrected chi connectivity index (χ1v) is 11.2. The van der Waals surface area contributed by atoms with E-state index in [2.05, 4.69) is 19.2 Å². The van der Waals surface area contributed by atoms with Crippen LogP contribution in [-0.2, 0) is 23.9 Å². The molecule has 5 unspecified atom stereocenters. The third-order valence-corrected chi connectivity index (χ3v) is 6.63. The molecule has 1 aromatic rings. The second-order valence-corrected chi connectivity index (χ2v) is 8.68. The molecule has 7 nitrogen and oxygen atoms in total. The van der Waals surface area contributed by atoms with Gasteiger partial charge in [-0.05, 0) is 50.7 Å². The number of hydrogen-bond acceptors (Lipinski definition) is 5. The second-order valence-electron chi connectivity index (χ2n) is 8.68. The Morgan fingerprint density at radius 1 is 1.06 bits per heavy atom. The molecule has 2 fully saturated rings.